The molecule has 0 aliphatic carbocycles. The molecule has 1 heterocycles. The summed E-state index contributed by atoms with van der Waals surface area (Å²) in [5, 5.41) is 3.84. The van der Waals surface area contributed by atoms with Gasteiger partial charge in [-0.05, 0) is 43.4 Å². The van der Waals surface area contributed by atoms with E-state index in [1.807, 2.05) is 24.0 Å². The highest BCUT2D eigenvalue weighted by atomic mass is 35.5. The lowest BCUT2D eigenvalue weighted by Gasteiger charge is -2.20. The molecule has 1 aromatic rings. The summed E-state index contributed by atoms with van der Waals surface area (Å²) in [6, 6.07) is 5.47. The molecule has 110 valence electrons. The molecule has 0 saturated carbocycles. The monoisotopic (exact) mass is 294 g/mol. The average Bonchev–Trinajstić information content (AvgIpc) is 2.90. The van der Waals surface area contributed by atoms with Crippen molar-refractivity contribution in [2.45, 2.75) is 27.2 Å². The molecule has 1 aliphatic rings. The number of amides is 1. The molecule has 0 aromatic heterocycles. The van der Waals surface area contributed by atoms with Crippen molar-refractivity contribution in [2.75, 3.05) is 25.0 Å². The second kappa shape index (κ2) is 6.49. The van der Waals surface area contributed by atoms with E-state index in [1.54, 1.807) is 6.07 Å². The van der Waals surface area contributed by atoms with Gasteiger partial charge in [-0.2, -0.15) is 0 Å². The van der Waals surface area contributed by atoms with Crippen molar-refractivity contribution in [1.29, 1.82) is 0 Å². The second-order valence-corrected chi connectivity index (χ2v) is 6.20. The summed E-state index contributed by atoms with van der Waals surface area (Å²) in [7, 11) is 0. The van der Waals surface area contributed by atoms with E-state index in [0.29, 0.717) is 22.4 Å². The molecule has 0 radical (unpaired) electrons. The lowest BCUT2D eigenvalue weighted by molar-refractivity contribution is 0.0785. The van der Waals surface area contributed by atoms with Gasteiger partial charge in [0, 0.05) is 30.3 Å². The summed E-state index contributed by atoms with van der Waals surface area (Å²) in [5.74, 6) is 1.33. The summed E-state index contributed by atoms with van der Waals surface area (Å²) in [5.41, 5.74) is 1.55. The van der Waals surface area contributed by atoms with Gasteiger partial charge in [0.15, 0.2) is 0 Å². The van der Waals surface area contributed by atoms with Crippen LogP contribution in [0.15, 0.2) is 18.2 Å². The molecule has 4 heteroatoms. The molecular weight excluding hydrogens is 272 g/mol. The molecule has 1 aromatic carbocycles. The topological polar surface area (TPSA) is 32.3 Å². The zero-order chi connectivity index (χ0) is 14.7. The van der Waals surface area contributed by atoms with E-state index < -0.39 is 0 Å². The quantitative estimate of drug-likeness (QED) is 0.914. The van der Waals surface area contributed by atoms with Gasteiger partial charge >= 0.3 is 0 Å². The largest absolute Gasteiger partial charge is 0.385 e. The van der Waals surface area contributed by atoms with Gasteiger partial charge in [0.25, 0.3) is 5.91 Å². The van der Waals surface area contributed by atoms with Gasteiger partial charge in [-0.15, -0.1) is 0 Å². The van der Waals surface area contributed by atoms with E-state index in [0.717, 1.165) is 31.7 Å². The lowest BCUT2D eigenvalue weighted by atomic mass is 9.95. The van der Waals surface area contributed by atoms with Gasteiger partial charge in [-0.25, -0.2) is 0 Å². The predicted molar refractivity (Wildman–Crippen MR) is 84.5 cm³/mol. The van der Waals surface area contributed by atoms with Crippen LogP contribution in [0, 0.1) is 11.8 Å². The number of nitrogens with zero attached hydrogens (tertiary/aromatic N) is 1. The van der Waals surface area contributed by atoms with E-state index in [9.17, 15) is 4.79 Å². The third kappa shape index (κ3) is 3.26. The molecule has 1 atom stereocenters. The Morgan fingerprint density at radius 1 is 1.50 bits per heavy atom. The standard InChI is InChI=1S/C16H23ClN2O/c1-4-18-15-6-5-13(17)9-14(15)16(20)19-8-7-12(10-19)11(2)3/h5-6,9,11-12,18H,4,7-8,10H2,1-3H3. The van der Waals surface area contributed by atoms with Crippen molar-refractivity contribution in [3.8, 4) is 0 Å². The average molecular weight is 295 g/mol. The molecule has 0 bridgehead atoms. The molecule has 0 spiro atoms. The van der Waals surface area contributed by atoms with Crippen LogP contribution in [0.25, 0.3) is 0 Å². The van der Waals surface area contributed by atoms with Crippen molar-refractivity contribution in [3.63, 3.8) is 0 Å². The maximum atomic E-state index is 12.7. The van der Waals surface area contributed by atoms with Crippen LogP contribution in [0.2, 0.25) is 5.02 Å². The molecule has 20 heavy (non-hydrogen) atoms. The number of carbonyl (C=O) groups excluding carboxylic acids is 1. The smallest absolute Gasteiger partial charge is 0.256 e. The Hall–Kier alpha value is -1.22. The van der Waals surface area contributed by atoms with Crippen molar-refractivity contribution < 1.29 is 4.79 Å². The van der Waals surface area contributed by atoms with E-state index >= 15 is 0 Å². The molecule has 1 fully saturated rings. The second-order valence-electron chi connectivity index (χ2n) is 5.76. The minimum atomic E-state index is 0.0894. The Morgan fingerprint density at radius 3 is 2.85 bits per heavy atom. The van der Waals surface area contributed by atoms with Gasteiger partial charge < -0.3 is 10.2 Å². The van der Waals surface area contributed by atoms with Crippen LogP contribution in [0.1, 0.15) is 37.6 Å². The Bertz CT molecular complexity index is 487. The minimum absolute atomic E-state index is 0.0894. The third-order valence-electron chi connectivity index (χ3n) is 4.03. The van der Waals surface area contributed by atoms with Crippen LogP contribution in [0.5, 0.6) is 0 Å². The molecule has 1 aliphatic heterocycles. The number of likely N-dealkylation sites (tertiary alicyclic amines) is 1. The highest BCUT2D eigenvalue weighted by molar-refractivity contribution is 6.31. The highest BCUT2D eigenvalue weighted by Crippen LogP contribution is 2.28. The predicted octanol–water partition coefficient (Wildman–Crippen LogP) is 3.89. The molecular formula is C16H23ClN2O. The normalized spacial score (nSPS) is 18.6. The van der Waals surface area contributed by atoms with Crippen LogP contribution in [0.3, 0.4) is 0 Å². The van der Waals surface area contributed by atoms with Gasteiger partial charge in [0.2, 0.25) is 0 Å². The first-order valence-electron chi connectivity index (χ1n) is 7.35. The summed E-state index contributed by atoms with van der Waals surface area (Å²) >= 11 is 6.05. The van der Waals surface area contributed by atoms with Gasteiger partial charge in [-0.3, -0.25) is 4.79 Å². The van der Waals surface area contributed by atoms with Crippen LogP contribution in [-0.4, -0.2) is 30.4 Å². The Labute approximate surface area is 126 Å². The van der Waals surface area contributed by atoms with Gasteiger partial charge in [0.05, 0.1) is 5.56 Å². The summed E-state index contributed by atoms with van der Waals surface area (Å²) in [6.45, 7) is 8.96. The maximum absolute atomic E-state index is 12.7. The molecule has 3 nitrogen and oxygen atoms in total. The number of rotatable bonds is 4. The number of hydrogen-bond acceptors (Lipinski definition) is 2. The van der Waals surface area contributed by atoms with Crippen LogP contribution < -0.4 is 5.32 Å². The Kier molecular flexibility index (Phi) is 4.92. The van der Waals surface area contributed by atoms with Crippen LogP contribution in [0.4, 0.5) is 5.69 Å². The summed E-state index contributed by atoms with van der Waals surface area (Å²) < 4.78 is 0. The first kappa shape index (κ1) is 15.2. The van der Waals surface area contributed by atoms with E-state index in [1.165, 1.54) is 0 Å². The van der Waals surface area contributed by atoms with E-state index in [-0.39, 0.29) is 5.91 Å². The molecule has 1 amide bonds. The van der Waals surface area contributed by atoms with Crippen molar-refractivity contribution in [2.24, 2.45) is 11.8 Å². The molecule has 1 unspecified atom stereocenters. The fraction of sp³-hybridized carbons (Fsp3) is 0.562. The number of nitrogens with one attached hydrogen (secondary N) is 1. The minimum Gasteiger partial charge on any atom is -0.385 e. The first-order valence-corrected chi connectivity index (χ1v) is 7.73. The Morgan fingerprint density at radius 2 is 2.25 bits per heavy atom. The number of hydrogen-bond donors (Lipinski definition) is 1. The SMILES string of the molecule is CCNc1ccc(Cl)cc1C(=O)N1CCC(C(C)C)C1. The van der Waals surface area contributed by atoms with Gasteiger partial charge in [0.1, 0.15) is 0 Å². The fourth-order valence-corrected chi connectivity index (χ4v) is 2.90. The van der Waals surface area contributed by atoms with Crippen LogP contribution >= 0.6 is 11.6 Å². The number of anilines is 1. The first-order chi connectivity index (χ1) is 9.52. The fourth-order valence-electron chi connectivity index (χ4n) is 2.72. The molecule has 1 saturated heterocycles. The van der Waals surface area contributed by atoms with Crippen molar-refractivity contribution in [1.82, 2.24) is 4.90 Å². The van der Waals surface area contributed by atoms with Crippen molar-refractivity contribution >= 4 is 23.2 Å². The number of carbonyl (C=O) groups is 1. The Balaban J connectivity index is 2.19. The molecule has 1 N–H and O–H groups in total. The lowest BCUT2D eigenvalue weighted by Crippen LogP contribution is -2.30. The molecule has 2 rings (SSSR count). The summed E-state index contributed by atoms with van der Waals surface area (Å²) in [4.78, 5) is 14.6. The highest BCUT2D eigenvalue weighted by Gasteiger charge is 2.29. The zero-order valence-electron chi connectivity index (χ0n) is 12.4. The van der Waals surface area contributed by atoms with E-state index in [4.69, 9.17) is 11.6 Å². The maximum Gasteiger partial charge on any atom is 0.256 e. The third-order valence-corrected chi connectivity index (χ3v) is 4.27. The number of benzene rings is 1. The summed E-state index contributed by atoms with van der Waals surface area (Å²) in [6.07, 6.45) is 1.10. The number of halogens is 1. The van der Waals surface area contributed by atoms with Crippen LogP contribution in [-0.2, 0) is 0 Å². The van der Waals surface area contributed by atoms with Gasteiger partial charge in [-0.1, -0.05) is 25.4 Å². The van der Waals surface area contributed by atoms with E-state index in [2.05, 4.69) is 19.2 Å². The van der Waals surface area contributed by atoms with Crippen molar-refractivity contribution in [3.05, 3.63) is 28.8 Å². The zero-order valence-corrected chi connectivity index (χ0v) is 13.2.